The summed E-state index contributed by atoms with van der Waals surface area (Å²) < 4.78 is 17.5. The molecule has 0 saturated carbocycles. The summed E-state index contributed by atoms with van der Waals surface area (Å²) in [6.07, 6.45) is 6.18. The number of pyridine rings is 1. The standard InChI is InChI=1S/C25H21N3O5/c1-31-22-15-20-19(23(32-2)24(22)33-3)11-9-18(27-20)10-12-21(29)16-5-7-17(8-6-16)25(30)28-14-4-13-26-28/h4-15H,1-3H3. The second kappa shape index (κ2) is 9.35. The number of ether oxygens (including phenoxy) is 3. The monoisotopic (exact) mass is 443 g/mol. The zero-order valence-corrected chi connectivity index (χ0v) is 18.3. The lowest BCUT2D eigenvalue weighted by atomic mass is 10.1. The Kier molecular flexibility index (Phi) is 6.17. The molecule has 0 aliphatic carbocycles. The number of nitrogens with zero attached hydrogens (tertiary/aromatic N) is 3. The number of ketones is 1. The van der Waals surface area contributed by atoms with Crippen LogP contribution in [0, 0.1) is 0 Å². The molecule has 2 heterocycles. The molecule has 166 valence electrons. The van der Waals surface area contributed by atoms with E-state index in [1.54, 1.807) is 76.1 Å². The highest BCUT2D eigenvalue weighted by molar-refractivity contribution is 6.07. The van der Waals surface area contributed by atoms with Gasteiger partial charge in [-0.05, 0) is 42.5 Å². The van der Waals surface area contributed by atoms with Gasteiger partial charge >= 0.3 is 0 Å². The van der Waals surface area contributed by atoms with E-state index in [9.17, 15) is 9.59 Å². The molecule has 0 amide bonds. The average Bonchev–Trinajstić information content (AvgIpc) is 3.40. The Morgan fingerprint density at radius 1 is 0.909 bits per heavy atom. The Labute approximate surface area is 190 Å². The number of carbonyl (C=O) groups is 2. The van der Waals surface area contributed by atoms with Crippen LogP contribution in [0.15, 0.2) is 67.0 Å². The molecule has 0 unspecified atom stereocenters. The number of methoxy groups -OCH3 is 3. The predicted octanol–water partition coefficient (Wildman–Crippen LogP) is 4.04. The van der Waals surface area contributed by atoms with Crippen LogP contribution in [0.1, 0.15) is 26.4 Å². The molecular formula is C25H21N3O5. The molecule has 0 saturated heterocycles. The van der Waals surface area contributed by atoms with E-state index < -0.39 is 0 Å². The van der Waals surface area contributed by atoms with Gasteiger partial charge in [-0.3, -0.25) is 9.59 Å². The number of hydrogen-bond donors (Lipinski definition) is 0. The Hall–Kier alpha value is -4.46. The van der Waals surface area contributed by atoms with Gasteiger partial charge in [0.2, 0.25) is 5.75 Å². The normalized spacial score (nSPS) is 11.0. The van der Waals surface area contributed by atoms with Crippen LogP contribution >= 0.6 is 0 Å². The Morgan fingerprint density at radius 2 is 1.64 bits per heavy atom. The Morgan fingerprint density at radius 3 is 2.27 bits per heavy atom. The summed E-state index contributed by atoms with van der Waals surface area (Å²) in [6.45, 7) is 0. The fourth-order valence-electron chi connectivity index (χ4n) is 3.41. The van der Waals surface area contributed by atoms with E-state index in [4.69, 9.17) is 14.2 Å². The third kappa shape index (κ3) is 4.31. The molecule has 2 aromatic carbocycles. The molecule has 8 nitrogen and oxygen atoms in total. The maximum Gasteiger partial charge on any atom is 0.278 e. The first-order valence-corrected chi connectivity index (χ1v) is 10.0. The number of fused-ring (bicyclic) bond motifs is 1. The maximum atomic E-state index is 12.6. The minimum Gasteiger partial charge on any atom is -0.493 e. The molecule has 0 fully saturated rings. The van der Waals surface area contributed by atoms with Crippen LogP contribution in [-0.2, 0) is 0 Å². The number of carbonyl (C=O) groups excluding carboxylic acids is 2. The second-order valence-electron chi connectivity index (χ2n) is 6.98. The lowest BCUT2D eigenvalue weighted by Gasteiger charge is -2.14. The van der Waals surface area contributed by atoms with Crippen molar-refractivity contribution < 1.29 is 23.8 Å². The van der Waals surface area contributed by atoms with Gasteiger partial charge in [-0.15, -0.1) is 0 Å². The molecule has 8 heteroatoms. The number of allylic oxidation sites excluding steroid dienone is 1. The van der Waals surface area contributed by atoms with Gasteiger partial charge in [-0.1, -0.05) is 12.1 Å². The van der Waals surface area contributed by atoms with Crippen molar-refractivity contribution in [3.63, 3.8) is 0 Å². The smallest absolute Gasteiger partial charge is 0.278 e. The summed E-state index contributed by atoms with van der Waals surface area (Å²) >= 11 is 0. The first kappa shape index (κ1) is 21.8. The van der Waals surface area contributed by atoms with E-state index in [2.05, 4.69) is 10.1 Å². The molecule has 4 aromatic rings. The van der Waals surface area contributed by atoms with E-state index in [0.717, 1.165) is 5.39 Å². The van der Waals surface area contributed by atoms with Crippen LogP contribution in [0.3, 0.4) is 0 Å². The Bertz CT molecular complexity index is 1340. The zero-order valence-electron chi connectivity index (χ0n) is 18.3. The molecule has 33 heavy (non-hydrogen) atoms. The van der Waals surface area contributed by atoms with Crippen LogP contribution in [0.25, 0.3) is 17.0 Å². The summed E-state index contributed by atoms with van der Waals surface area (Å²) in [5, 5.41) is 4.69. The highest BCUT2D eigenvalue weighted by Crippen LogP contribution is 2.42. The van der Waals surface area contributed by atoms with E-state index in [0.29, 0.717) is 39.6 Å². The van der Waals surface area contributed by atoms with E-state index in [-0.39, 0.29) is 11.7 Å². The largest absolute Gasteiger partial charge is 0.493 e. The molecule has 0 bridgehead atoms. The van der Waals surface area contributed by atoms with Gasteiger partial charge in [0.15, 0.2) is 17.3 Å². The number of hydrogen-bond acceptors (Lipinski definition) is 7. The average molecular weight is 443 g/mol. The van der Waals surface area contributed by atoms with Crippen LogP contribution in [0.5, 0.6) is 17.2 Å². The first-order valence-electron chi connectivity index (χ1n) is 10.0. The minimum atomic E-state index is -0.266. The van der Waals surface area contributed by atoms with Crippen molar-refractivity contribution in [2.75, 3.05) is 21.3 Å². The topological polar surface area (TPSA) is 92.5 Å². The van der Waals surface area contributed by atoms with Crippen molar-refractivity contribution in [1.82, 2.24) is 14.8 Å². The molecule has 0 radical (unpaired) electrons. The SMILES string of the molecule is COc1cc2nc(C=CC(=O)c3ccc(C(=O)n4cccn4)cc3)ccc2c(OC)c1OC. The molecule has 0 N–H and O–H groups in total. The molecule has 0 aliphatic heterocycles. The van der Waals surface area contributed by atoms with Crippen molar-refractivity contribution in [2.24, 2.45) is 0 Å². The van der Waals surface area contributed by atoms with Crippen molar-refractivity contribution >= 4 is 28.7 Å². The van der Waals surface area contributed by atoms with E-state index in [1.807, 2.05) is 6.07 Å². The summed E-state index contributed by atoms with van der Waals surface area (Å²) in [4.78, 5) is 29.5. The van der Waals surface area contributed by atoms with Crippen molar-refractivity contribution in [3.05, 3.63) is 83.8 Å². The van der Waals surface area contributed by atoms with Gasteiger partial charge in [0.1, 0.15) is 0 Å². The molecule has 0 spiro atoms. The maximum absolute atomic E-state index is 12.6. The fourth-order valence-corrected chi connectivity index (χ4v) is 3.41. The molecule has 0 aliphatic rings. The van der Waals surface area contributed by atoms with Crippen LogP contribution in [-0.4, -0.2) is 47.8 Å². The lowest BCUT2D eigenvalue weighted by Crippen LogP contribution is -2.12. The van der Waals surface area contributed by atoms with Gasteiger partial charge in [0.05, 0.1) is 32.5 Å². The zero-order chi connectivity index (χ0) is 23.4. The van der Waals surface area contributed by atoms with E-state index >= 15 is 0 Å². The summed E-state index contributed by atoms with van der Waals surface area (Å²) in [6, 6.07) is 13.5. The number of benzene rings is 2. The Balaban J connectivity index is 1.56. The first-order chi connectivity index (χ1) is 16.0. The van der Waals surface area contributed by atoms with Crippen molar-refractivity contribution in [1.29, 1.82) is 0 Å². The van der Waals surface area contributed by atoms with E-state index in [1.165, 1.54) is 17.0 Å². The van der Waals surface area contributed by atoms with Crippen LogP contribution < -0.4 is 14.2 Å². The summed E-state index contributed by atoms with van der Waals surface area (Å²) in [5.74, 6) is 1.03. The van der Waals surface area contributed by atoms with Gasteiger partial charge < -0.3 is 14.2 Å². The van der Waals surface area contributed by atoms with Crippen molar-refractivity contribution in [2.45, 2.75) is 0 Å². The van der Waals surface area contributed by atoms with Gasteiger partial charge in [0.25, 0.3) is 5.91 Å². The highest BCUT2D eigenvalue weighted by Gasteiger charge is 2.16. The number of aromatic nitrogens is 3. The van der Waals surface area contributed by atoms with Gasteiger partial charge in [-0.2, -0.15) is 5.10 Å². The van der Waals surface area contributed by atoms with Gasteiger partial charge in [-0.25, -0.2) is 9.67 Å². The van der Waals surface area contributed by atoms with Crippen molar-refractivity contribution in [3.8, 4) is 17.2 Å². The van der Waals surface area contributed by atoms with Crippen LogP contribution in [0.2, 0.25) is 0 Å². The minimum absolute atomic E-state index is 0.208. The fraction of sp³-hybridized carbons (Fsp3) is 0.120. The molecular weight excluding hydrogens is 422 g/mol. The highest BCUT2D eigenvalue weighted by atomic mass is 16.5. The third-order valence-electron chi connectivity index (χ3n) is 5.05. The quantitative estimate of drug-likeness (QED) is 0.314. The molecule has 4 rings (SSSR count). The third-order valence-corrected chi connectivity index (χ3v) is 5.05. The van der Waals surface area contributed by atoms with Crippen LogP contribution in [0.4, 0.5) is 0 Å². The molecule has 2 aromatic heterocycles. The predicted molar refractivity (Wildman–Crippen MR) is 123 cm³/mol. The lowest BCUT2D eigenvalue weighted by molar-refractivity contribution is 0.0944. The summed E-state index contributed by atoms with van der Waals surface area (Å²) in [7, 11) is 4.64. The summed E-state index contributed by atoms with van der Waals surface area (Å²) in [5.41, 5.74) is 2.13. The van der Waals surface area contributed by atoms with Gasteiger partial charge in [0, 0.05) is 35.0 Å². The molecule has 0 atom stereocenters. The second-order valence-corrected chi connectivity index (χ2v) is 6.98. The number of rotatable bonds is 7.